The van der Waals surface area contributed by atoms with E-state index >= 15 is 0 Å². The molecule has 3 atom stereocenters. The summed E-state index contributed by atoms with van der Waals surface area (Å²) >= 11 is 0. The number of benzene rings is 2. The van der Waals surface area contributed by atoms with E-state index in [4.69, 9.17) is 0 Å². The summed E-state index contributed by atoms with van der Waals surface area (Å²) in [6.07, 6.45) is 4.99. The van der Waals surface area contributed by atoms with Crippen molar-refractivity contribution in [2.45, 2.75) is 25.3 Å². The zero-order chi connectivity index (χ0) is 19.3. The van der Waals surface area contributed by atoms with Crippen LogP contribution in [0.4, 0.5) is 0 Å². The standard InChI is InChI=1S/C23H27N5.HI/c1-17(19-10-6-11-21(14-19)28-13-7-12-26-28)27-23(24-2)25-16-20-15-22(20)18-8-4-3-5-9-18;/h3-14,17,20,22H,15-16H2,1-2H3,(H2,24,25,27);1H. The topological polar surface area (TPSA) is 54.2 Å². The summed E-state index contributed by atoms with van der Waals surface area (Å²) in [5.74, 6) is 2.20. The van der Waals surface area contributed by atoms with Gasteiger partial charge in [0.05, 0.1) is 11.7 Å². The van der Waals surface area contributed by atoms with Crippen LogP contribution in [0.15, 0.2) is 78.0 Å². The maximum atomic E-state index is 4.40. The van der Waals surface area contributed by atoms with E-state index < -0.39 is 0 Å². The second-order valence-corrected chi connectivity index (χ2v) is 7.38. The first-order chi connectivity index (χ1) is 13.7. The average molecular weight is 501 g/mol. The van der Waals surface area contributed by atoms with Gasteiger partial charge in [0.1, 0.15) is 0 Å². The van der Waals surface area contributed by atoms with Crippen LogP contribution < -0.4 is 10.6 Å². The summed E-state index contributed by atoms with van der Waals surface area (Å²) in [6, 6.07) is 21.3. The highest BCUT2D eigenvalue weighted by Crippen LogP contribution is 2.46. The minimum atomic E-state index is 0. The van der Waals surface area contributed by atoms with Gasteiger partial charge in [0.15, 0.2) is 5.96 Å². The van der Waals surface area contributed by atoms with Gasteiger partial charge in [-0.1, -0.05) is 42.5 Å². The van der Waals surface area contributed by atoms with Crippen molar-refractivity contribution in [2.75, 3.05) is 13.6 Å². The highest BCUT2D eigenvalue weighted by atomic mass is 127. The molecule has 1 aliphatic rings. The van der Waals surface area contributed by atoms with Crippen LogP contribution in [0.2, 0.25) is 0 Å². The molecule has 152 valence electrons. The number of hydrogen-bond acceptors (Lipinski definition) is 2. The highest BCUT2D eigenvalue weighted by molar-refractivity contribution is 14.0. The maximum absolute atomic E-state index is 4.40. The van der Waals surface area contributed by atoms with E-state index in [1.54, 1.807) is 6.20 Å². The molecule has 0 bridgehead atoms. The van der Waals surface area contributed by atoms with E-state index in [9.17, 15) is 0 Å². The lowest BCUT2D eigenvalue weighted by Crippen LogP contribution is -2.39. The van der Waals surface area contributed by atoms with Gasteiger partial charge in [-0.15, -0.1) is 24.0 Å². The number of hydrogen-bond donors (Lipinski definition) is 2. The highest BCUT2D eigenvalue weighted by Gasteiger charge is 2.37. The smallest absolute Gasteiger partial charge is 0.191 e. The Labute approximate surface area is 189 Å². The summed E-state index contributed by atoms with van der Waals surface area (Å²) in [4.78, 5) is 4.40. The Morgan fingerprint density at radius 2 is 2.00 bits per heavy atom. The van der Waals surface area contributed by atoms with Crippen molar-refractivity contribution >= 4 is 29.9 Å². The Hall–Kier alpha value is -2.35. The molecule has 0 radical (unpaired) electrons. The SMILES string of the molecule is CN=C(NCC1CC1c1ccccc1)NC(C)c1cccc(-n2cccn2)c1.I. The molecular formula is C23H28IN5. The minimum Gasteiger partial charge on any atom is -0.356 e. The van der Waals surface area contributed by atoms with Crippen molar-refractivity contribution in [2.24, 2.45) is 10.9 Å². The molecule has 5 nitrogen and oxygen atoms in total. The van der Waals surface area contributed by atoms with Crippen LogP contribution in [0.3, 0.4) is 0 Å². The van der Waals surface area contributed by atoms with Gasteiger partial charge in [-0.25, -0.2) is 4.68 Å². The molecule has 0 saturated heterocycles. The van der Waals surface area contributed by atoms with E-state index in [0.717, 1.165) is 18.2 Å². The van der Waals surface area contributed by atoms with Crippen LogP contribution in [0.5, 0.6) is 0 Å². The van der Waals surface area contributed by atoms with Gasteiger partial charge in [0, 0.05) is 26.0 Å². The third kappa shape index (κ3) is 5.38. The van der Waals surface area contributed by atoms with Crippen molar-refractivity contribution in [1.82, 2.24) is 20.4 Å². The molecule has 1 aliphatic carbocycles. The largest absolute Gasteiger partial charge is 0.356 e. The molecule has 0 amide bonds. The molecule has 2 aromatic carbocycles. The Kier molecular flexibility index (Phi) is 7.30. The summed E-state index contributed by atoms with van der Waals surface area (Å²) in [5, 5.41) is 11.3. The molecule has 3 aromatic rings. The van der Waals surface area contributed by atoms with E-state index in [0.29, 0.717) is 11.8 Å². The van der Waals surface area contributed by atoms with Crippen LogP contribution in [-0.4, -0.2) is 29.3 Å². The number of rotatable bonds is 6. The Morgan fingerprint density at radius 3 is 2.72 bits per heavy atom. The van der Waals surface area contributed by atoms with E-state index in [-0.39, 0.29) is 30.0 Å². The number of guanidine groups is 1. The van der Waals surface area contributed by atoms with Crippen molar-refractivity contribution in [3.8, 4) is 5.69 Å². The van der Waals surface area contributed by atoms with Gasteiger partial charge in [-0.2, -0.15) is 5.10 Å². The second kappa shape index (κ2) is 9.91. The Balaban J connectivity index is 0.00000240. The fourth-order valence-corrected chi connectivity index (χ4v) is 3.65. The van der Waals surface area contributed by atoms with Crippen molar-refractivity contribution in [3.63, 3.8) is 0 Å². The summed E-state index contributed by atoms with van der Waals surface area (Å²) in [6.45, 7) is 3.10. The van der Waals surface area contributed by atoms with Gasteiger partial charge >= 0.3 is 0 Å². The maximum Gasteiger partial charge on any atom is 0.191 e. The van der Waals surface area contributed by atoms with Gasteiger partial charge in [-0.05, 0) is 54.5 Å². The number of aromatic nitrogens is 2. The Bertz CT molecular complexity index is 923. The van der Waals surface area contributed by atoms with Crippen molar-refractivity contribution < 1.29 is 0 Å². The summed E-state index contributed by atoms with van der Waals surface area (Å²) in [7, 11) is 1.82. The zero-order valence-corrected chi connectivity index (χ0v) is 19.2. The van der Waals surface area contributed by atoms with E-state index in [1.165, 1.54) is 17.5 Å². The van der Waals surface area contributed by atoms with Crippen molar-refractivity contribution in [1.29, 1.82) is 0 Å². The first-order valence-corrected chi connectivity index (χ1v) is 9.86. The van der Waals surface area contributed by atoms with Gasteiger partial charge in [-0.3, -0.25) is 4.99 Å². The minimum absolute atomic E-state index is 0. The molecule has 1 aromatic heterocycles. The first-order valence-electron chi connectivity index (χ1n) is 9.86. The predicted molar refractivity (Wildman–Crippen MR) is 129 cm³/mol. The van der Waals surface area contributed by atoms with Gasteiger partial charge < -0.3 is 10.6 Å². The molecule has 2 N–H and O–H groups in total. The van der Waals surface area contributed by atoms with Crippen LogP contribution in [-0.2, 0) is 0 Å². The van der Waals surface area contributed by atoms with E-state index in [1.807, 2.05) is 24.0 Å². The van der Waals surface area contributed by atoms with Crippen LogP contribution in [0.1, 0.15) is 36.4 Å². The molecular weight excluding hydrogens is 473 g/mol. The third-order valence-electron chi connectivity index (χ3n) is 5.40. The number of aliphatic imine (C=N–C) groups is 1. The normalized spacial score (nSPS) is 19.2. The van der Waals surface area contributed by atoms with E-state index in [2.05, 4.69) is 82.2 Å². The fraction of sp³-hybridized carbons (Fsp3) is 0.304. The summed E-state index contributed by atoms with van der Waals surface area (Å²) < 4.78 is 1.88. The fourth-order valence-electron chi connectivity index (χ4n) is 3.65. The molecule has 29 heavy (non-hydrogen) atoms. The van der Waals surface area contributed by atoms with Crippen LogP contribution in [0.25, 0.3) is 5.69 Å². The van der Waals surface area contributed by atoms with Gasteiger partial charge in [0.25, 0.3) is 0 Å². The van der Waals surface area contributed by atoms with Crippen LogP contribution in [0, 0.1) is 5.92 Å². The lowest BCUT2D eigenvalue weighted by atomic mass is 10.1. The first kappa shape index (κ1) is 21.4. The molecule has 3 unspecified atom stereocenters. The molecule has 1 fully saturated rings. The molecule has 0 aliphatic heterocycles. The number of nitrogens with zero attached hydrogens (tertiary/aromatic N) is 3. The molecule has 6 heteroatoms. The van der Waals surface area contributed by atoms with Crippen molar-refractivity contribution in [3.05, 3.63) is 84.2 Å². The van der Waals surface area contributed by atoms with Crippen LogP contribution >= 0.6 is 24.0 Å². The molecule has 1 saturated carbocycles. The monoisotopic (exact) mass is 501 g/mol. The quantitative estimate of drug-likeness (QED) is 0.297. The van der Waals surface area contributed by atoms with Gasteiger partial charge in [0.2, 0.25) is 0 Å². The molecule has 4 rings (SSSR count). The molecule has 0 spiro atoms. The lowest BCUT2D eigenvalue weighted by Gasteiger charge is -2.19. The average Bonchev–Trinajstić information content (AvgIpc) is 3.31. The zero-order valence-electron chi connectivity index (χ0n) is 16.8. The number of nitrogens with one attached hydrogen (secondary N) is 2. The number of halogens is 1. The third-order valence-corrected chi connectivity index (χ3v) is 5.40. The Morgan fingerprint density at radius 1 is 1.17 bits per heavy atom. The predicted octanol–water partition coefficient (Wildman–Crippen LogP) is 4.52. The molecule has 1 heterocycles. The second-order valence-electron chi connectivity index (χ2n) is 7.38. The summed E-state index contributed by atoms with van der Waals surface area (Å²) in [5.41, 5.74) is 3.70. The lowest BCUT2D eigenvalue weighted by molar-refractivity contribution is 0.664.